The molecule has 3 aromatic rings. The van der Waals surface area contributed by atoms with Crippen molar-refractivity contribution in [1.82, 2.24) is 0 Å². The maximum atomic E-state index is 12.4. The Morgan fingerprint density at radius 3 is 1.79 bits per heavy atom. The van der Waals surface area contributed by atoms with E-state index >= 15 is 0 Å². The van der Waals surface area contributed by atoms with Crippen LogP contribution in [0.3, 0.4) is 0 Å². The van der Waals surface area contributed by atoms with Gasteiger partial charge in [0.15, 0.2) is 0 Å². The summed E-state index contributed by atoms with van der Waals surface area (Å²) in [5.74, 6) is 0.794. The molecule has 0 fully saturated rings. The van der Waals surface area contributed by atoms with Crippen molar-refractivity contribution in [1.29, 1.82) is 5.26 Å². The minimum absolute atomic E-state index is 0.384. The Bertz CT molecular complexity index is 1290. The average Bonchev–Trinajstić information content (AvgIpc) is 3.03. The van der Waals surface area contributed by atoms with E-state index in [1.165, 1.54) is 83.5 Å². The Labute approximate surface area is 258 Å². The summed E-state index contributed by atoms with van der Waals surface area (Å²) < 4.78 is 11.4. The molecule has 228 valence electrons. The molecule has 0 aliphatic heterocycles. The lowest BCUT2D eigenvalue weighted by Gasteiger charge is -2.09. The molecular formula is C37H47N3O3. The Kier molecular flexibility index (Phi) is 15.6. The third-order valence-corrected chi connectivity index (χ3v) is 7.49. The van der Waals surface area contributed by atoms with Crippen LogP contribution in [0.25, 0.3) is 0 Å². The van der Waals surface area contributed by atoms with E-state index in [1.807, 2.05) is 31.2 Å². The number of rotatable bonds is 20. The van der Waals surface area contributed by atoms with Gasteiger partial charge in [-0.05, 0) is 85.6 Å². The smallest absolute Gasteiger partial charge is 0.343 e. The zero-order chi connectivity index (χ0) is 30.5. The third-order valence-electron chi connectivity index (χ3n) is 7.49. The lowest BCUT2D eigenvalue weighted by atomic mass is 10.0. The second kappa shape index (κ2) is 20.0. The molecule has 0 amide bonds. The van der Waals surface area contributed by atoms with Crippen LogP contribution in [0.5, 0.6) is 11.5 Å². The van der Waals surface area contributed by atoms with Crippen LogP contribution in [-0.2, 0) is 0 Å². The maximum Gasteiger partial charge on any atom is 0.343 e. The van der Waals surface area contributed by atoms with Crippen molar-refractivity contribution in [2.45, 2.75) is 104 Å². The lowest BCUT2D eigenvalue weighted by molar-refractivity contribution is 0.0734. The van der Waals surface area contributed by atoms with E-state index in [0.717, 1.165) is 30.0 Å². The SMILES string of the molecule is CCCCCCCCCCCCCCCCOc1ccc(N=Nc2ccc(C(=O)Oc3ccc(C#N)cc3)cc2)cc1C. The predicted molar refractivity (Wildman–Crippen MR) is 174 cm³/mol. The molecule has 0 saturated heterocycles. The minimum Gasteiger partial charge on any atom is -0.493 e. The molecule has 6 nitrogen and oxygen atoms in total. The number of carbonyl (C=O) groups excluding carboxylic acids is 1. The van der Waals surface area contributed by atoms with Crippen molar-refractivity contribution in [3.05, 3.63) is 83.4 Å². The van der Waals surface area contributed by atoms with Crippen molar-refractivity contribution >= 4 is 17.3 Å². The molecular weight excluding hydrogens is 534 g/mol. The molecule has 0 heterocycles. The second-order valence-corrected chi connectivity index (χ2v) is 11.2. The molecule has 0 radical (unpaired) electrons. The van der Waals surface area contributed by atoms with E-state index in [0.29, 0.717) is 22.6 Å². The fraction of sp³-hybridized carbons (Fsp3) is 0.459. The highest BCUT2D eigenvalue weighted by atomic mass is 16.5. The first-order chi connectivity index (χ1) is 21.1. The van der Waals surface area contributed by atoms with E-state index in [4.69, 9.17) is 14.7 Å². The number of benzene rings is 3. The monoisotopic (exact) mass is 581 g/mol. The fourth-order valence-corrected chi connectivity index (χ4v) is 4.88. The summed E-state index contributed by atoms with van der Waals surface area (Å²) in [5, 5.41) is 17.5. The van der Waals surface area contributed by atoms with Crippen LogP contribution in [-0.4, -0.2) is 12.6 Å². The molecule has 43 heavy (non-hydrogen) atoms. The molecule has 0 N–H and O–H groups in total. The largest absolute Gasteiger partial charge is 0.493 e. The fourth-order valence-electron chi connectivity index (χ4n) is 4.88. The maximum absolute atomic E-state index is 12.4. The number of unbranched alkanes of at least 4 members (excludes halogenated alkanes) is 13. The Morgan fingerprint density at radius 2 is 1.23 bits per heavy atom. The van der Waals surface area contributed by atoms with Gasteiger partial charge < -0.3 is 9.47 Å². The molecule has 0 aromatic heterocycles. The van der Waals surface area contributed by atoms with Crippen molar-refractivity contribution in [2.75, 3.05) is 6.61 Å². The van der Waals surface area contributed by atoms with E-state index in [-0.39, 0.29) is 0 Å². The Balaban J connectivity index is 1.29. The predicted octanol–water partition coefficient (Wildman–Crippen LogP) is 11.4. The zero-order valence-corrected chi connectivity index (χ0v) is 26.0. The standard InChI is InChI=1S/C37H47N3O3/c1-3-4-5-6-7-8-9-10-11-12-13-14-15-16-27-42-36-26-23-34(28-30(36)2)40-39-33-21-19-32(20-22-33)37(41)43-35-24-17-31(29-38)18-25-35/h17-26,28H,3-16,27H2,1-2H3. The summed E-state index contributed by atoms with van der Waals surface area (Å²) in [7, 11) is 0. The number of azo groups is 1. The van der Waals surface area contributed by atoms with Gasteiger partial charge in [-0.2, -0.15) is 15.5 Å². The third kappa shape index (κ3) is 13.2. The number of nitriles is 1. The molecule has 6 heteroatoms. The molecule has 0 atom stereocenters. The summed E-state index contributed by atoms with van der Waals surface area (Å²) in [6, 6.07) is 21.0. The highest BCUT2D eigenvalue weighted by Gasteiger charge is 2.09. The first kappa shape index (κ1) is 33.5. The normalized spacial score (nSPS) is 11.0. The zero-order valence-electron chi connectivity index (χ0n) is 26.0. The van der Waals surface area contributed by atoms with Gasteiger partial charge >= 0.3 is 5.97 Å². The molecule has 0 bridgehead atoms. The van der Waals surface area contributed by atoms with Gasteiger partial charge in [0.1, 0.15) is 11.5 Å². The summed E-state index contributed by atoms with van der Waals surface area (Å²) in [6.45, 7) is 5.03. The highest BCUT2D eigenvalue weighted by Crippen LogP contribution is 2.26. The van der Waals surface area contributed by atoms with E-state index in [9.17, 15) is 4.79 Å². The first-order valence-electron chi connectivity index (χ1n) is 16.1. The molecule has 3 aromatic carbocycles. The van der Waals surface area contributed by atoms with Gasteiger partial charge in [0.05, 0.1) is 35.2 Å². The van der Waals surface area contributed by atoms with Crippen molar-refractivity contribution in [3.63, 3.8) is 0 Å². The number of ether oxygens (including phenoxy) is 2. The van der Waals surface area contributed by atoms with Crippen LogP contribution in [0.4, 0.5) is 11.4 Å². The van der Waals surface area contributed by atoms with E-state index in [1.54, 1.807) is 48.5 Å². The van der Waals surface area contributed by atoms with Crippen LogP contribution in [0.2, 0.25) is 0 Å². The Hall–Kier alpha value is -3.98. The molecule has 3 rings (SSSR count). The Morgan fingerprint density at radius 1 is 0.698 bits per heavy atom. The molecule has 0 saturated carbocycles. The van der Waals surface area contributed by atoms with Crippen LogP contribution in [0, 0.1) is 18.3 Å². The van der Waals surface area contributed by atoms with E-state index < -0.39 is 5.97 Å². The van der Waals surface area contributed by atoms with Crippen LogP contribution >= 0.6 is 0 Å². The minimum atomic E-state index is -0.478. The van der Waals surface area contributed by atoms with Crippen molar-refractivity contribution < 1.29 is 14.3 Å². The van der Waals surface area contributed by atoms with Crippen molar-refractivity contribution in [3.8, 4) is 17.6 Å². The lowest BCUT2D eigenvalue weighted by Crippen LogP contribution is -2.07. The molecule has 0 spiro atoms. The topological polar surface area (TPSA) is 84.0 Å². The first-order valence-corrected chi connectivity index (χ1v) is 16.1. The highest BCUT2D eigenvalue weighted by molar-refractivity contribution is 5.91. The van der Waals surface area contributed by atoms with Gasteiger partial charge in [-0.3, -0.25) is 0 Å². The van der Waals surface area contributed by atoms with Crippen LogP contribution in [0.1, 0.15) is 118 Å². The number of carbonyl (C=O) groups is 1. The summed E-state index contributed by atoms with van der Waals surface area (Å²) in [4.78, 5) is 12.4. The average molecular weight is 582 g/mol. The number of esters is 1. The van der Waals surface area contributed by atoms with Gasteiger partial charge in [0.2, 0.25) is 0 Å². The molecule has 0 aliphatic carbocycles. The van der Waals surface area contributed by atoms with Crippen LogP contribution < -0.4 is 9.47 Å². The van der Waals surface area contributed by atoms with Gasteiger partial charge in [0.25, 0.3) is 0 Å². The molecule has 0 aliphatic rings. The number of nitrogens with zero attached hydrogens (tertiary/aromatic N) is 3. The summed E-state index contributed by atoms with van der Waals surface area (Å²) >= 11 is 0. The van der Waals surface area contributed by atoms with Crippen molar-refractivity contribution in [2.24, 2.45) is 10.2 Å². The van der Waals surface area contributed by atoms with Gasteiger partial charge in [-0.1, -0.05) is 90.4 Å². The van der Waals surface area contributed by atoms with E-state index in [2.05, 4.69) is 17.2 Å². The van der Waals surface area contributed by atoms with Gasteiger partial charge in [-0.15, -0.1) is 0 Å². The quantitative estimate of drug-likeness (QED) is 0.0575. The molecule has 0 unspecified atom stereocenters. The number of hydrogen-bond acceptors (Lipinski definition) is 6. The summed E-state index contributed by atoms with van der Waals surface area (Å²) in [6.07, 6.45) is 18.9. The van der Waals surface area contributed by atoms with Gasteiger partial charge in [-0.25, -0.2) is 4.79 Å². The second-order valence-electron chi connectivity index (χ2n) is 11.2. The number of hydrogen-bond donors (Lipinski definition) is 0. The van der Waals surface area contributed by atoms with Gasteiger partial charge in [0, 0.05) is 0 Å². The van der Waals surface area contributed by atoms with Crippen LogP contribution in [0.15, 0.2) is 77.0 Å². The number of aryl methyl sites for hydroxylation is 1. The summed E-state index contributed by atoms with van der Waals surface area (Å²) in [5.41, 5.74) is 3.31.